The number of nitrogens with two attached hydrogens (primary N) is 1. The Hall–Kier alpha value is -0.600. The lowest BCUT2D eigenvalue weighted by atomic mass is 9.86. The highest BCUT2D eigenvalue weighted by molar-refractivity contribution is 6.31. The molecule has 3 heteroatoms. The molecule has 0 aliphatic carbocycles. The van der Waals surface area contributed by atoms with E-state index >= 15 is 0 Å². The van der Waals surface area contributed by atoms with Crippen molar-refractivity contribution in [2.75, 3.05) is 6.54 Å². The summed E-state index contributed by atoms with van der Waals surface area (Å²) in [4.78, 5) is 0. The van der Waals surface area contributed by atoms with Gasteiger partial charge in [-0.25, -0.2) is 4.39 Å². The third-order valence-electron chi connectivity index (χ3n) is 2.95. The molecule has 1 rings (SSSR count). The highest BCUT2D eigenvalue weighted by Gasteiger charge is 2.16. The zero-order chi connectivity index (χ0) is 12.3. The Bertz CT molecular complexity index is 374. The second-order valence-corrected chi connectivity index (χ2v) is 5.47. The molecular weight excluding hydrogens is 225 g/mol. The molecule has 0 spiro atoms. The molecule has 90 valence electrons. The Morgan fingerprint density at radius 1 is 1.38 bits per heavy atom. The van der Waals surface area contributed by atoms with Crippen molar-refractivity contribution in [1.82, 2.24) is 0 Å². The van der Waals surface area contributed by atoms with Gasteiger partial charge in [-0.3, -0.25) is 0 Å². The second-order valence-electron chi connectivity index (χ2n) is 5.06. The zero-order valence-corrected chi connectivity index (χ0v) is 10.9. The first-order chi connectivity index (χ1) is 7.35. The smallest absolute Gasteiger partial charge is 0.127 e. The molecule has 0 amide bonds. The van der Waals surface area contributed by atoms with Gasteiger partial charge in [-0.05, 0) is 48.9 Å². The van der Waals surface area contributed by atoms with Crippen LogP contribution in [0.25, 0.3) is 0 Å². The van der Waals surface area contributed by atoms with Crippen molar-refractivity contribution in [2.24, 2.45) is 11.1 Å². The summed E-state index contributed by atoms with van der Waals surface area (Å²) in [5.74, 6) is -0.244. The molecule has 0 aromatic heterocycles. The molecular formula is C13H19ClFN. The maximum Gasteiger partial charge on any atom is 0.127 e. The average molecular weight is 244 g/mol. The van der Waals surface area contributed by atoms with Gasteiger partial charge in [0.2, 0.25) is 0 Å². The van der Waals surface area contributed by atoms with Crippen molar-refractivity contribution in [2.45, 2.75) is 33.6 Å². The number of halogens is 2. The maximum absolute atomic E-state index is 13.2. The van der Waals surface area contributed by atoms with E-state index in [9.17, 15) is 4.39 Å². The molecule has 0 aliphatic rings. The largest absolute Gasteiger partial charge is 0.330 e. The summed E-state index contributed by atoms with van der Waals surface area (Å²) >= 11 is 6.00. The Morgan fingerprint density at radius 3 is 2.56 bits per heavy atom. The number of rotatable bonds is 4. The van der Waals surface area contributed by atoms with Gasteiger partial charge in [-0.1, -0.05) is 31.5 Å². The van der Waals surface area contributed by atoms with E-state index < -0.39 is 0 Å². The highest BCUT2D eigenvalue weighted by atomic mass is 35.5. The Balaban J connectivity index is 2.79. The van der Waals surface area contributed by atoms with Crippen LogP contribution in [0.5, 0.6) is 0 Å². The molecule has 0 heterocycles. The van der Waals surface area contributed by atoms with Crippen LogP contribution in [0.3, 0.4) is 0 Å². The van der Waals surface area contributed by atoms with E-state index in [0.717, 1.165) is 18.4 Å². The van der Waals surface area contributed by atoms with E-state index in [-0.39, 0.29) is 11.2 Å². The summed E-state index contributed by atoms with van der Waals surface area (Å²) in [6.07, 6.45) is 1.79. The van der Waals surface area contributed by atoms with Crippen LogP contribution in [0.15, 0.2) is 12.1 Å². The van der Waals surface area contributed by atoms with Crippen LogP contribution >= 0.6 is 11.6 Å². The Labute approximate surface area is 102 Å². The maximum atomic E-state index is 13.2. The standard InChI is InChI=1S/C13H19ClFN/c1-9-6-10(11(14)7-12(9)15)4-5-13(2,3)8-16/h6-7H,4-5,8,16H2,1-3H3. The fourth-order valence-corrected chi connectivity index (χ4v) is 1.73. The van der Waals surface area contributed by atoms with Crippen molar-refractivity contribution < 1.29 is 4.39 Å². The number of hydrogen-bond acceptors (Lipinski definition) is 1. The summed E-state index contributed by atoms with van der Waals surface area (Å²) in [5, 5.41) is 0.510. The molecule has 0 radical (unpaired) electrons. The van der Waals surface area contributed by atoms with Crippen molar-refractivity contribution in [3.63, 3.8) is 0 Å². The highest BCUT2D eigenvalue weighted by Crippen LogP contribution is 2.26. The van der Waals surface area contributed by atoms with Gasteiger partial charge in [0.05, 0.1) is 0 Å². The molecule has 0 unspecified atom stereocenters. The average Bonchev–Trinajstić information content (AvgIpc) is 2.22. The molecule has 1 nitrogen and oxygen atoms in total. The molecule has 0 aliphatic heterocycles. The van der Waals surface area contributed by atoms with E-state index in [1.54, 1.807) is 6.92 Å². The minimum atomic E-state index is -0.244. The number of aryl methyl sites for hydroxylation is 2. The lowest BCUT2D eigenvalue weighted by molar-refractivity contribution is 0.348. The minimum Gasteiger partial charge on any atom is -0.330 e. The van der Waals surface area contributed by atoms with Crippen molar-refractivity contribution in [3.05, 3.63) is 34.1 Å². The topological polar surface area (TPSA) is 26.0 Å². The fourth-order valence-electron chi connectivity index (χ4n) is 1.48. The predicted octanol–water partition coefficient (Wildman–Crippen LogP) is 3.71. The summed E-state index contributed by atoms with van der Waals surface area (Å²) < 4.78 is 13.2. The van der Waals surface area contributed by atoms with E-state index in [1.807, 2.05) is 6.07 Å². The minimum absolute atomic E-state index is 0.103. The van der Waals surface area contributed by atoms with Gasteiger partial charge in [0.15, 0.2) is 0 Å². The van der Waals surface area contributed by atoms with E-state index in [0.29, 0.717) is 17.1 Å². The molecule has 0 atom stereocenters. The number of hydrogen-bond donors (Lipinski definition) is 1. The zero-order valence-electron chi connectivity index (χ0n) is 10.1. The Morgan fingerprint density at radius 2 is 2.00 bits per heavy atom. The van der Waals surface area contributed by atoms with Gasteiger partial charge in [0.1, 0.15) is 5.82 Å². The normalized spacial score (nSPS) is 11.9. The van der Waals surface area contributed by atoms with Crippen LogP contribution in [0.1, 0.15) is 31.4 Å². The second kappa shape index (κ2) is 5.15. The molecule has 0 saturated carbocycles. The monoisotopic (exact) mass is 243 g/mol. The molecule has 1 aromatic carbocycles. The van der Waals surface area contributed by atoms with Crippen molar-refractivity contribution in [1.29, 1.82) is 0 Å². The summed E-state index contributed by atoms with van der Waals surface area (Å²) in [7, 11) is 0. The quantitative estimate of drug-likeness (QED) is 0.857. The van der Waals surface area contributed by atoms with Crippen LogP contribution < -0.4 is 5.73 Å². The first-order valence-electron chi connectivity index (χ1n) is 5.50. The van der Waals surface area contributed by atoms with Gasteiger partial charge in [-0.2, -0.15) is 0 Å². The summed E-state index contributed by atoms with van der Waals surface area (Å²) in [5.41, 5.74) is 7.42. The van der Waals surface area contributed by atoms with Crippen molar-refractivity contribution in [3.8, 4) is 0 Å². The van der Waals surface area contributed by atoms with Gasteiger partial charge in [0, 0.05) is 5.02 Å². The third kappa shape index (κ3) is 3.46. The molecule has 0 bridgehead atoms. The molecule has 1 aromatic rings. The van der Waals surface area contributed by atoms with Crippen LogP contribution in [-0.4, -0.2) is 6.54 Å². The van der Waals surface area contributed by atoms with Crippen LogP contribution in [0.4, 0.5) is 4.39 Å². The van der Waals surface area contributed by atoms with E-state index in [1.165, 1.54) is 6.07 Å². The Kier molecular flexibility index (Phi) is 4.34. The predicted molar refractivity (Wildman–Crippen MR) is 67.3 cm³/mol. The fraction of sp³-hybridized carbons (Fsp3) is 0.538. The molecule has 0 fully saturated rings. The molecule has 2 N–H and O–H groups in total. The SMILES string of the molecule is Cc1cc(CCC(C)(C)CN)c(Cl)cc1F. The van der Waals surface area contributed by atoms with Crippen LogP contribution in [-0.2, 0) is 6.42 Å². The van der Waals surface area contributed by atoms with Crippen LogP contribution in [0.2, 0.25) is 5.02 Å². The van der Waals surface area contributed by atoms with Gasteiger partial charge in [0.25, 0.3) is 0 Å². The van der Waals surface area contributed by atoms with Gasteiger partial charge < -0.3 is 5.73 Å². The van der Waals surface area contributed by atoms with E-state index in [2.05, 4.69) is 13.8 Å². The molecule has 16 heavy (non-hydrogen) atoms. The summed E-state index contributed by atoms with van der Waals surface area (Å²) in [6.45, 7) is 6.64. The first kappa shape index (κ1) is 13.5. The third-order valence-corrected chi connectivity index (χ3v) is 3.30. The lowest BCUT2D eigenvalue weighted by Crippen LogP contribution is -2.24. The first-order valence-corrected chi connectivity index (χ1v) is 5.88. The van der Waals surface area contributed by atoms with Gasteiger partial charge in [-0.15, -0.1) is 0 Å². The van der Waals surface area contributed by atoms with Crippen LogP contribution in [0, 0.1) is 18.2 Å². The van der Waals surface area contributed by atoms with Crippen molar-refractivity contribution >= 4 is 11.6 Å². The summed E-state index contributed by atoms with van der Waals surface area (Å²) in [6, 6.07) is 3.21. The molecule has 0 saturated heterocycles. The van der Waals surface area contributed by atoms with Gasteiger partial charge >= 0.3 is 0 Å². The van der Waals surface area contributed by atoms with E-state index in [4.69, 9.17) is 17.3 Å². The lowest BCUT2D eigenvalue weighted by Gasteiger charge is -2.22. The number of benzene rings is 1.